The van der Waals surface area contributed by atoms with Gasteiger partial charge in [0.15, 0.2) is 0 Å². The largest absolute Gasteiger partial charge is 0.309 e. The maximum Gasteiger partial charge on any atom is 0.0534 e. The Kier molecular flexibility index (Phi) is 5.54. The van der Waals surface area contributed by atoms with Gasteiger partial charge in [-0.2, -0.15) is 0 Å². The van der Waals surface area contributed by atoms with E-state index in [1.54, 1.807) is 0 Å². The van der Waals surface area contributed by atoms with Crippen LogP contribution in [0.2, 0.25) is 0 Å². The number of hydrogen-bond donors (Lipinski definition) is 0. The molecule has 9 rings (SSSR count). The fourth-order valence-corrected chi connectivity index (χ4v) is 6.75. The van der Waals surface area contributed by atoms with Crippen LogP contribution in [0.5, 0.6) is 0 Å². The standard InChI is InChI=1S/C42H28N2/c1-5-13-39-29(9-1)17-18-30-10-2-6-14-40(30)43(39)37-23-21-33-25-34-22-24-38(28-36(34)26-35(33)27-37)44-41-15-7-3-11-31(41)19-20-32-12-4-8-16-42(32)44/h1-28H. The van der Waals surface area contributed by atoms with E-state index in [0.717, 1.165) is 11.4 Å². The van der Waals surface area contributed by atoms with Crippen molar-refractivity contribution in [3.63, 3.8) is 0 Å². The summed E-state index contributed by atoms with van der Waals surface area (Å²) in [6.45, 7) is 0. The minimum Gasteiger partial charge on any atom is -0.309 e. The quantitative estimate of drug-likeness (QED) is 0.194. The SMILES string of the molecule is C1=Cc2ccccc2N(c2ccc3cc4ccc(N5c6ccccc6C=Cc6ccccc65)cc4cc3c2)c2ccccc21. The van der Waals surface area contributed by atoms with Crippen molar-refractivity contribution in [2.75, 3.05) is 9.80 Å². The van der Waals surface area contributed by atoms with Crippen LogP contribution in [0.3, 0.4) is 0 Å². The fourth-order valence-electron chi connectivity index (χ4n) is 6.75. The van der Waals surface area contributed by atoms with Crippen LogP contribution in [-0.4, -0.2) is 0 Å². The van der Waals surface area contributed by atoms with Crippen molar-refractivity contribution in [3.05, 3.63) is 168 Å². The molecule has 2 aliphatic heterocycles. The molecular formula is C42H28N2. The number of nitrogens with zero attached hydrogens (tertiary/aromatic N) is 2. The van der Waals surface area contributed by atoms with Crippen LogP contribution < -0.4 is 9.80 Å². The van der Waals surface area contributed by atoms with Gasteiger partial charge in [0.25, 0.3) is 0 Å². The Morgan fingerprint density at radius 1 is 0.273 bits per heavy atom. The molecule has 0 radical (unpaired) electrons. The second-order valence-corrected chi connectivity index (χ2v) is 11.5. The van der Waals surface area contributed by atoms with Gasteiger partial charge in [0.1, 0.15) is 0 Å². The van der Waals surface area contributed by atoms with Crippen LogP contribution >= 0.6 is 0 Å². The van der Waals surface area contributed by atoms with Crippen molar-refractivity contribution in [1.82, 2.24) is 0 Å². The normalized spacial score (nSPS) is 13.2. The maximum absolute atomic E-state index is 2.39. The van der Waals surface area contributed by atoms with Crippen LogP contribution in [0.25, 0.3) is 45.8 Å². The highest BCUT2D eigenvalue weighted by Gasteiger charge is 2.21. The third-order valence-electron chi connectivity index (χ3n) is 8.87. The van der Waals surface area contributed by atoms with E-state index in [4.69, 9.17) is 0 Å². The first-order valence-corrected chi connectivity index (χ1v) is 15.1. The molecule has 2 aliphatic rings. The van der Waals surface area contributed by atoms with Crippen molar-refractivity contribution < 1.29 is 0 Å². The summed E-state index contributed by atoms with van der Waals surface area (Å²) in [4.78, 5) is 4.78. The van der Waals surface area contributed by atoms with Crippen LogP contribution in [-0.2, 0) is 0 Å². The van der Waals surface area contributed by atoms with Gasteiger partial charge in [0, 0.05) is 11.4 Å². The number of rotatable bonds is 2. The average Bonchev–Trinajstić information content (AvgIpc) is 3.35. The first kappa shape index (κ1) is 24.7. The zero-order valence-electron chi connectivity index (χ0n) is 24.1. The average molecular weight is 561 g/mol. The van der Waals surface area contributed by atoms with Gasteiger partial charge in [0.05, 0.1) is 22.7 Å². The van der Waals surface area contributed by atoms with Gasteiger partial charge in [-0.1, -0.05) is 109 Å². The summed E-state index contributed by atoms with van der Waals surface area (Å²) < 4.78 is 0. The molecule has 0 spiro atoms. The fraction of sp³-hybridized carbons (Fsp3) is 0. The molecule has 2 heterocycles. The Bertz CT molecular complexity index is 2050. The molecule has 0 aliphatic carbocycles. The van der Waals surface area contributed by atoms with E-state index in [2.05, 4.69) is 180 Å². The molecule has 0 amide bonds. The van der Waals surface area contributed by atoms with Crippen molar-refractivity contribution in [2.45, 2.75) is 0 Å². The molecule has 2 nitrogen and oxygen atoms in total. The summed E-state index contributed by atoms with van der Waals surface area (Å²) in [6, 6.07) is 52.9. The second kappa shape index (κ2) is 9.86. The molecule has 0 atom stereocenters. The summed E-state index contributed by atoms with van der Waals surface area (Å²) in [6.07, 6.45) is 8.88. The third-order valence-corrected chi connectivity index (χ3v) is 8.87. The molecular weight excluding hydrogens is 532 g/mol. The third kappa shape index (κ3) is 3.96. The second-order valence-electron chi connectivity index (χ2n) is 11.5. The molecule has 44 heavy (non-hydrogen) atoms. The van der Waals surface area contributed by atoms with Crippen LogP contribution in [0.1, 0.15) is 22.3 Å². The minimum absolute atomic E-state index is 1.15. The Morgan fingerprint density at radius 2 is 0.591 bits per heavy atom. The molecule has 7 aromatic carbocycles. The Labute approximate surface area is 257 Å². The Balaban J connectivity index is 1.21. The van der Waals surface area contributed by atoms with Crippen LogP contribution in [0.15, 0.2) is 146 Å². The topological polar surface area (TPSA) is 6.48 Å². The summed E-state index contributed by atoms with van der Waals surface area (Å²) in [7, 11) is 0. The molecule has 0 fully saturated rings. The van der Waals surface area contributed by atoms with Gasteiger partial charge in [-0.3, -0.25) is 0 Å². The summed E-state index contributed by atoms with van der Waals surface area (Å²) in [5.41, 5.74) is 11.9. The number of para-hydroxylation sites is 4. The van der Waals surface area contributed by atoms with Crippen molar-refractivity contribution in [2.24, 2.45) is 0 Å². The van der Waals surface area contributed by atoms with Gasteiger partial charge in [-0.15, -0.1) is 0 Å². The molecule has 0 N–H and O–H groups in total. The van der Waals surface area contributed by atoms with Gasteiger partial charge >= 0.3 is 0 Å². The van der Waals surface area contributed by atoms with E-state index in [1.807, 2.05) is 0 Å². The summed E-state index contributed by atoms with van der Waals surface area (Å²) in [5.74, 6) is 0. The maximum atomic E-state index is 2.39. The number of benzene rings is 7. The van der Waals surface area contributed by atoms with E-state index in [-0.39, 0.29) is 0 Å². The molecule has 0 aromatic heterocycles. The van der Waals surface area contributed by atoms with E-state index in [0.29, 0.717) is 0 Å². The van der Waals surface area contributed by atoms with Gasteiger partial charge in [-0.05, 0) is 104 Å². The van der Waals surface area contributed by atoms with Gasteiger partial charge in [-0.25, -0.2) is 0 Å². The summed E-state index contributed by atoms with van der Waals surface area (Å²) >= 11 is 0. The first-order chi connectivity index (χ1) is 21.8. The molecule has 206 valence electrons. The van der Waals surface area contributed by atoms with E-state index in [9.17, 15) is 0 Å². The lowest BCUT2D eigenvalue weighted by Gasteiger charge is -2.28. The monoisotopic (exact) mass is 560 g/mol. The lowest BCUT2D eigenvalue weighted by molar-refractivity contribution is 1.28. The molecule has 7 aromatic rings. The number of hydrogen-bond acceptors (Lipinski definition) is 2. The molecule has 0 bridgehead atoms. The predicted molar refractivity (Wildman–Crippen MR) is 189 cm³/mol. The van der Waals surface area contributed by atoms with E-state index < -0.39 is 0 Å². The van der Waals surface area contributed by atoms with Crippen LogP contribution in [0, 0.1) is 0 Å². The molecule has 0 saturated carbocycles. The van der Waals surface area contributed by atoms with Crippen molar-refractivity contribution >= 4 is 80.0 Å². The molecule has 0 saturated heterocycles. The predicted octanol–water partition coefficient (Wildman–Crippen LogP) is 11.9. The van der Waals surface area contributed by atoms with Crippen molar-refractivity contribution in [3.8, 4) is 0 Å². The zero-order chi connectivity index (χ0) is 29.0. The first-order valence-electron chi connectivity index (χ1n) is 15.1. The number of anilines is 6. The summed E-state index contributed by atoms with van der Waals surface area (Å²) in [5, 5.41) is 4.91. The Morgan fingerprint density at radius 3 is 0.955 bits per heavy atom. The smallest absolute Gasteiger partial charge is 0.0534 e. The van der Waals surface area contributed by atoms with Gasteiger partial charge in [0.2, 0.25) is 0 Å². The van der Waals surface area contributed by atoms with E-state index in [1.165, 1.54) is 66.5 Å². The number of fused-ring (bicyclic) bond motifs is 6. The lowest BCUT2D eigenvalue weighted by Crippen LogP contribution is -2.11. The highest BCUT2D eigenvalue weighted by atomic mass is 15.2. The van der Waals surface area contributed by atoms with Crippen LogP contribution in [0.4, 0.5) is 34.1 Å². The van der Waals surface area contributed by atoms with E-state index >= 15 is 0 Å². The highest BCUT2D eigenvalue weighted by molar-refractivity contribution is 6.03. The van der Waals surface area contributed by atoms with Crippen molar-refractivity contribution in [1.29, 1.82) is 0 Å². The van der Waals surface area contributed by atoms with Gasteiger partial charge < -0.3 is 9.80 Å². The molecule has 0 unspecified atom stereocenters. The zero-order valence-corrected chi connectivity index (χ0v) is 24.1. The lowest BCUT2D eigenvalue weighted by atomic mass is 10.0. The Hall–Kier alpha value is -5.86. The minimum atomic E-state index is 1.15. The molecule has 2 heteroatoms. The highest BCUT2D eigenvalue weighted by Crippen LogP contribution is 2.45.